The van der Waals surface area contributed by atoms with Gasteiger partial charge in [0, 0.05) is 30.5 Å². The third-order valence-corrected chi connectivity index (χ3v) is 6.78. The van der Waals surface area contributed by atoms with Gasteiger partial charge in [-0.3, -0.25) is 15.2 Å². The van der Waals surface area contributed by atoms with Crippen molar-refractivity contribution in [3.63, 3.8) is 0 Å². The molecule has 0 spiro atoms. The molecule has 1 unspecified atom stereocenters. The quantitative estimate of drug-likeness (QED) is 0.328. The molecule has 1 aliphatic rings. The van der Waals surface area contributed by atoms with E-state index in [1.165, 1.54) is 36.2 Å². The van der Waals surface area contributed by atoms with Gasteiger partial charge in [-0.2, -0.15) is 0 Å². The van der Waals surface area contributed by atoms with E-state index in [0.717, 1.165) is 11.1 Å². The normalized spacial score (nSPS) is 14.9. The van der Waals surface area contributed by atoms with E-state index < -0.39 is 16.0 Å². The third-order valence-electron chi connectivity index (χ3n) is 4.99. The van der Waals surface area contributed by atoms with Crippen LogP contribution in [-0.2, 0) is 32.5 Å². The number of carboxylic acids is 1. The van der Waals surface area contributed by atoms with Crippen molar-refractivity contribution in [1.82, 2.24) is 9.73 Å². The molecule has 166 valence electrons. The molecule has 0 aromatic heterocycles. The minimum absolute atomic E-state index is 0. The van der Waals surface area contributed by atoms with Crippen LogP contribution in [0.25, 0.3) is 0 Å². The number of hydrazine groups is 1. The first-order valence-corrected chi connectivity index (χ1v) is 11.6. The van der Waals surface area contributed by atoms with Crippen molar-refractivity contribution in [3.8, 4) is 0 Å². The summed E-state index contributed by atoms with van der Waals surface area (Å²) >= 11 is 5.83. The van der Waals surface area contributed by atoms with Gasteiger partial charge in [0.15, 0.2) is 0 Å². The van der Waals surface area contributed by atoms with E-state index in [0.29, 0.717) is 23.6 Å². The van der Waals surface area contributed by atoms with Crippen molar-refractivity contribution in [2.45, 2.75) is 43.5 Å². The van der Waals surface area contributed by atoms with Crippen molar-refractivity contribution in [2.24, 2.45) is 0 Å². The zero-order valence-corrected chi connectivity index (χ0v) is 21.5. The largest absolute Gasteiger partial charge is 1.00 e. The number of carbonyl (C=O) groups is 2. The number of nitrogens with zero attached hydrogens (tertiary/aromatic N) is 1. The van der Waals surface area contributed by atoms with Crippen LogP contribution in [0, 0.1) is 0 Å². The molecule has 0 heterocycles. The molecule has 0 radical (unpaired) electrons. The molecule has 1 amide bonds. The molecule has 0 saturated heterocycles. The van der Waals surface area contributed by atoms with Gasteiger partial charge in [-0.05, 0) is 73.2 Å². The summed E-state index contributed by atoms with van der Waals surface area (Å²) in [6, 6.07) is 11.3. The molecule has 3 rings (SSSR count). The van der Waals surface area contributed by atoms with Crippen molar-refractivity contribution in [2.75, 3.05) is 12.0 Å². The standard InChI is InChI=1S/C21H24ClN3O5S.Na/c1-14(26)25(10-2-3-21(27)28)23-18-7-4-15-11-19(13-16(15)12-18)24-31(29,30)20-8-5-17(22)6-9-20;/h4-9,12,19,23-24H,2-3,10-11,13H2,1H3,(H,27,28);/q;+1/p-1. The Morgan fingerprint density at radius 2 is 1.78 bits per heavy atom. The van der Waals surface area contributed by atoms with Crippen LogP contribution < -0.4 is 44.8 Å². The summed E-state index contributed by atoms with van der Waals surface area (Å²) in [5.74, 6) is -1.40. The smallest absolute Gasteiger partial charge is 0.550 e. The number of rotatable bonds is 9. The molecule has 0 saturated carbocycles. The monoisotopic (exact) mass is 487 g/mol. The number of carboxylic acid groups (broad SMARTS) is 1. The molecule has 11 heteroatoms. The number of sulfonamides is 1. The van der Waals surface area contributed by atoms with Gasteiger partial charge in [0.1, 0.15) is 0 Å². The molecular weight excluding hydrogens is 465 g/mol. The van der Waals surface area contributed by atoms with E-state index in [9.17, 15) is 23.1 Å². The summed E-state index contributed by atoms with van der Waals surface area (Å²) in [6.07, 6.45) is 1.21. The molecule has 0 fully saturated rings. The average molecular weight is 488 g/mol. The summed E-state index contributed by atoms with van der Waals surface area (Å²) < 4.78 is 28.0. The number of hydrogen-bond donors (Lipinski definition) is 2. The van der Waals surface area contributed by atoms with Gasteiger partial charge in [0.2, 0.25) is 15.9 Å². The summed E-state index contributed by atoms with van der Waals surface area (Å²) in [7, 11) is -3.67. The van der Waals surface area contributed by atoms with Crippen LogP contribution in [0.1, 0.15) is 30.9 Å². The zero-order valence-electron chi connectivity index (χ0n) is 17.9. The summed E-state index contributed by atoms with van der Waals surface area (Å²) in [5.41, 5.74) is 5.67. The molecule has 1 aliphatic carbocycles. The maximum atomic E-state index is 12.6. The number of halogens is 1. The fraction of sp³-hybridized carbons (Fsp3) is 0.333. The van der Waals surface area contributed by atoms with Gasteiger partial charge in [0.05, 0.1) is 10.6 Å². The zero-order chi connectivity index (χ0) is 22.6. The van der Waals surface area contributed by atoms with Crippen molar-refractivity contribution >= 4 is 39.2 Å². The molecule has 0 bridgehead atoms. The number of nitrogens with one attached hydrogen (secondary N) is 2. The van der Waals surface area contributed by atoms with E-state index >= 15 is 0 Å². The van der Waals surface area contributed by atoms with Crippen LogP contribution in [0.4, 0.5) is 5.69 Å². The number of anilines is 1. The van der Waals surface area contributed by atoms with E-state index in [2.05, 4.69) is 10.1 Å². The predicted molar refractivity (Wildman–Crippen MR) is 115 cm³/mol. The topological polar surface area (TPSA) is 119 Å². The second-order valence-corrected chi connectivity index (χ2v) is 9.57. The molecule has 8 nitrogen and oxygen atoms in total. The van der Waals surface area contributed by atoms with Gasteiger partial charge in [0.25, 0.3) is 0 Å². The van der Waals surface area contributed by atoms with Crippen LogP contribution in [0.5, 0.6) is 0 Å². The van der Waals surface area contributed by atoms with Crippen molar-refractivity contribution in [1.29, 1.82) is 0 Å². The second kappa shape index (κ2) is 11.5. The van der Waals surface area contributed by atoms with Crippen molar-refractivity contribution < 1.29 is 52.7 Å². The van der Waals surface area contributed by atoms with Gasteiger partial charge < -0.3 is 9.90 Å². The second-order valence-electron chi connectivity index (χ2n) is 7.42. The Morgan fingerprint density at radius 1 is 1.12 bits per heavy atom. The molecule has 0 aliphatic heterocycles. The molecule has 32 heavy (non-hydrogen) atoms. The van der Waals surface area contributed by atoms with E-state index in [-0.39, 0.29) is 65.8 Å². The molecule has 2 aromatic carbocycles. The minimum Gasteiger partial charge on any atom is -0.550 e. The first kappa shape index (κ1) is 26.6. The number of hydrogen-bond acceptors (Lipinski definition) is 6. The number of amides is 1. The van der Waals surface area contributed by atoms with Gasteiger partial charge in [-0.15, -0.1) is 0 Å². The SMILES string of the molecule is CC(=O)N(CCCC(=O)[O-])Nc1ccc2c(c1)CC(NS(=O)(=O)c1ccc(Cl)cc1)C2.[Na+]. The minimum atomic E-state index is -3.67. The number of carbonyl (C=O) groups excluding carboxylic acids is 2. The van der Waals surface area contributed by atoms with Crippen molar-refractivity contribution in [3.05, 3.63) is 58.6 Å². The van der Waals surface area contributed by atoms with Gasteiger partial charge >= 0.3 is 29.6 Å². The number of fused-ring (bicyclic) bond motifs is 1. The van der Waals surface area contributed by atoms with Crippen LogP contribution in [0.2, 0.25) is 5.02 Å². The van der Waals surface area contributed by atoms with E-state index in [1.807, 2.05) is 18.2 Å². The van der Waals surface area contributed by atoms with Crippen LogP contribution in [0.3, 0.4) is 0 Å². The summed E-state index contributed by atoms with van der Waals surface area (Å²) in [6.45, 7) is 1.62. The Hall–Kier alpha value is -1.62. The Balaban J connectivity index is 0.00000363. The Labute approximate surface area is 214 Å². The van der Waals surface area contributed by atoms with Gasteiger partial charge in [-0.25, -0.2) is 13.1 Å². The maximum absolute atomic E-state index is 12.6. The average Bonchev–Trinajstić information content (AvgIpc) is 3.07. The molecule has 1 atom stereocenters. The van der Waals surface area contributed by atoms with E-state index in [1.54, 1.807) is 0 Å². The fourth-order valence-electron chi connectivity index (χ4n) is 3.50. The molecular formula is C21H23ClN3NaO5S. The summed E-state index contributed by atoms with van der Waals surface area (Å²) in [4.78, 5) is 22.6. The Kier molecular flexibility index (Phi) is 9.56. The molecule has 2 N–H and O–H groups in total. The predicted octanol–water partition coefficient (Wildman–Crippen LogP) is -1.50. The van der Waals surface area contributed by atoms with Crippen LogP contribution in [0.15, 0.2) is 47.4 Å². The fourth-order valence-corrected chi connectivity index (χ4v) is 4.86. The molecule has 2 aromatic rings. The van der Waals surface area contributed by atoms with Gasteiger partial charge in [-0.1, -0.05) is 17.7 Å². The number of aliphatic carboxylic acids is 1. The number of benzene rings is 2. The van der Waals surface area contributed by atoms with E-state index in [4.69, 9.17) is 11.6 Å². The first-order chi connectivity index (χ1) is 14.6. The van der Waals surface area contributed by atoms with Crippen LogP contribution in [-0.4, -0.2) is 37.9 Å². The third kappa shape index (κ3) is 7.19. The van der Waals surface area contributed by atoms with Crippen LogP contribution >= 0.6 is 11.6 Å². The Bertz CT molecular complexity index is 1080. The Morgan fingerprint density at radius 3 is 2.41 bits per heavy atom. The maximum Gasteiger partial charge on any atom is 1.00 e. The first-order valence-electron chi connectivity index (χ1n) is 9.78. The summed E-state index contributed by atoms with van der Waals surface area (Å²) in [5, 5.41) is 12.4.